The zero-order chi connectivity index (χ0) is 15.4. The molecule has 1 fully saturated rings. The lowest BCUT2D eigenvalue weighted by Gasteiger charge is -2.39. The molecule has 0 amide bonds. The van der Waals surface area contributed by atoms with E-state index in [9.17, 15) is 0 Å². The lowest BCUT2D eigenvalue weighted by Crippen LogP contribution is -2.50. The Morgan fingerprint density at radius 1 is 0.810 bits per heavy atom. The van der Waals surface area contributed by atoms with Gasteiger partial charge in [0.2, 0.25) is 0 Å². The number of likely N-dealkylation sites (tertiary alicyclic amines) is 1. The predicted molar refractivity (Wildman–Crippen MR) is 95.0 cm³/mol. The van der Waals surface area contributed by atoms with Gasteiger partial charge in [0.25, 0.3) is 0 Å². The third-order valence-electron chi connectivity index (χ3n) is 5.39. The Morgan fingerprint density at radius 3 is 1.76 bits per heavy atom. The van der Waals surface area contributed by atoms with Gasteiger partial charge in [0.1, 0.15) is 0 Å². The molecule has 0 atom stereocenters. The number of hydrogen-bond acceptors (Lipinski definition) is 2. The molecule has 1 aliphatic heterocycles. The highest BCUT2D eigenvalue weighted by Gasteiger charge is 2.27. The Hall–Kier alpha value is -0.0800. The van der Waals surface area contributed by atoms with Crippen molar-refractivity contribution >= 4 is 0 Å². The fourth-order valence-corrected chi connectivity index (χ4v) is 3.34. The molecule has 0 radical (unpaired) electrons. The monoisotopic (exact) mass is 296 g/mol. The number of hydrogen-bond donors (Lipinski definition) is 1. The number of piperidine rings is 1. The Labute approximate surface area is 134 Å². The summed E-state index contributed by atoms with van der Waals surface area (Å²) in [5.74, 6) is 0. The molecular formula is C19H40N2. The van der Waals surface area contributed by atoms with E-state index in [1.165, 1.54) is 96.7 Å². The first-order valence-electron chi connectivity index (χ1n) is 9.61. The van der Waals surface area contributed by atoms with Crippen LogP contribution >= 0.6 is 0 Å². The first kappa shape index (κ1) is 19.0. The van der Waals surface area contributed by atoms with E-state index in [1.807, 2.05) is 0 Å². The third-order valence-corrected chi connectivity index (χ3v) is 5.39. The largest absolute Gasteiger partial charge is 0.314 e. The summed E-state index contributed by atoms with van der Waals surface area (Å²) < 4.78 is 0. The molecule has 21 heavy (non-hydrogen) atoms. The summed E-state index contributed by atoms with van der Waals surface area (Å²) in [7, 11) is 2.11. The van der Waals surface area contributed by atoms with E-state index in [0.717, 1.165) is 0 Å². The maximum Gasteiger partial charge on any atom is 0.0174 e. The Balaban J connectivity index is 1.85. The average Bonchev–Trinajstić information content (AvgIpc) is 2.51. The molecule has 1 N–H and O–H groups in total. The van der Waals surface area contributed by atoms with Crippen LogP contribution in [0.25, 0.3) is 0 Å². The molecular weight excluding hydrogens is 256 g/mol. The summed E-state index contributed by atoms with van der Waals surface area (Å²) in [6, 6.07) is 0. The minimum absolute atomic E-state index is 0.397. The number of rotatable bonds is 12. The zero-order valence-electron chi connectivity index (χ0n) is 15.1. The highest BCUT2D eigenvalue weighted by Crippen LogP contribution is 2.21. The first-order chi connectivity index (χ1) is 10.2. The highest BCUT2D eigenvalue weighted by atomic mass is 15.1. The van der Waals surface area contributed by atoms with Crippen molar-refractivity contribution in [2.24, 2.45) is 0 Å². The van der Waals surface area contributed by atoms with Crippen LogP contribution in [0.2, 0.25) is 0 Å². The number of nitrogens with zero attached hydrogens (tertiary/aromatic N) is 1. The van der Waals surface area contributed by atoms with E-state index in [2.05, 4.69) is 31.1 Å². The van der Waals surface area contributed by atoms with E-state index >= 15 is 0 Å². The minimum Gasteiger partial charge on any atom is -0.314 e. The maximum absolute atomic E-state index is 3.48. The van der Waals surface area contributed by atoms with Crippen molar-refractivity contribution in [3.63, 3.8) is 0 Å². The van der Waals surface area contributed by atoms with Crippen molar-refractivity contribution in [3.8, 4) is 0 Å². The summed E-state index contributed by atoms with van der Waals surface area (Å²) in [4.78, 5) is 2.67. The second kappa shape index (κ2) is 11.5. The molecule has 2 nitrogen and oxygen atoms in total. The van der Waals surface area contributed by atoms with Crippen molar-refractivity contribution in [1.82, 2.24) is 10.2 Å². The molecule has 2 heteroatoms. The first-order valence-corrected chi connectivity index (χ1v) is 9.61. The smallest absolute Gasteiger partial charge is 0.0174 e. The number of unbranched alkanes of at least 4 members (excludes halogenated alkanes) is 9. The fourth-order valence-electron chi connectivity index (χ4n) is 3.34. The summed E-state index contributed by atoms with van der Waals surface area (Å²) in [6.45, 7) is 8.56. The molecule has 0 aromatic carbocycles. The molecule has 1 heterocycles. The van der Waals surface area contributed by atoms with Gasteiger partial charge in [0.15, 0.2) is 0 Å². The summed E-state index contributed by atoms with van der Waals surface area (Å²) in [5.41, 5.74) is 0.397. The van der Waals surface area contributed by atoms with Crippen LogP contribution in [0, 0.1) is 0 Å². The van der Waals surface area contributed by atoms with E-state index < -0.39 is 0 Å². The molecule has 0 aromatic heterocycles. The van der Waals surface area contributed by atoms with E-state index in [0.29, 0.717) is 5.54 Å². The van der Waals surface area contributed by atoms with Crippen LogP contribution in [-0.4, -0.2) is 37.1 Å². The molecule has 0 unspecified atom stereocenters. The van der Waals surface area contributed by atoms with Gasteiger partial charge in [-0.2, -0.15) is 0 Å². The average molecular weight is 297 g/mol. The van der Waals surface area contributed by atoms with Crippen LogP contribution in [0.1, 0.15) is 90.9 Å². The van der Waals surface area contributed by atoms with Crippen LogP contribution in [0.4, 0.5) is 0 Å². The van der Waals surface area contributed by atoms with Crippen molar-refractivity contribution in [2.75, 3.05) is 26.7 Å². The van der Waals surface area contributed by atoms with Gasteiger partial charge in [-0.1, -0.05) is 64.7 Å². The molecule has 1 saturated heterocycles. The Morgan fingerprint density at radius 2 is 1.29 bits per heavy atom. The lowest BCUT2D eigenvalue weighted by atomic mass is 9.90. The molecule has 1 aliphatic rings. The quantitative estimate of drug-likeness (QED) is 0.511. The molecule has 0 saturated carbocycles. The van der Waals surface area contributed by atoms with E-state index in [4.69, 9.17) is 0 Å². The molecule has 0 aromatic rings. The molecule has 0 spiro atoms. The topological polar surface area (TPSA) is 15.3 Å². The molecule has 1 rings (SSSR count). The molecule has 0 bridgehead atoms. The van der Waals surface area contributed by atoms with Gasteiger partial charge in [0.05, 0.1) is 0 Å². The van der Waals surface area contributed by atoms with Crippen LogP contribution in [0.15, 0.2) is 0 Å². The van der Waals surface area contributed by atoms with E-state index in [1.54, 1.807) is 0 Å². The van der Waals surface area contributed by atoms with Crippen LogP contribution in [-0.2, 0) is 0 Å². The summed E-state index contributed by atoms with van der Waals surface area (Å²) in [6.07, 6.45) is 17.0. The third kappa shape index (κ3) is 8.83. The van der Waals surface area contributed by atoms with Gasteiger partial charge in [-0.05, 0) is 52.9 Å². The molecule has 126 valence electrons. The predicted octanol–water partition coefficient (Wildman–Crippen LogP) is 4.98. The summed E-state index contributed by atoms with van der Waals surface area (Å²) in [5, 5.41) is 3.48. The Kier molecular flexibility index (Phi) is 10.4. The van der Waals surface area contributed by atoms with Gasteiger partial charge >= 0.3 is 0 Å². The molecule has 0 aliphatic carbocycles. The number of nitrogens with one attached hydrogen (secondary N) is 1. The van der Waals surface area contributed by atoms with E-state index in [-0.39, 0.29) is 0 Å². The fraction of sp³-hybridized carbons (Fsp3) is 1.00. The second-order valence-electron chi connectivity index (χ2n) is 7.33. The van der Waals surface area contributed by atoms with Crippen LogP contribution < -0.4 is 5.32 Å². The van der Waals surface area contributed by atoms with Gasteiger partial charge in [-0.15, -0.1) is 0 Å². The highest BCUT2D eigenvalue weighted by molar-refractivity contribution is 4.87. The van der Waals surface area contributed by atoms with Crippen LogP contribution in [0.3, 0.4) is 0 Å². The summed E-state index contributed by atoms with van der Waals surface area (Å²) >= 11 is 0. The standard InChI is InChI=1S/C19H40N2/c1-4-5-6-7-8-9-10-11-12-13-16-21-17-14-19(2,20-3)15-18-21/h20H,4-18H2,1-3H3. The normalized spacial score (nSPS) is 19.0. The van der Waals surface area contributed by atoms with Crippen molar-refractivity contribution < 1.29 is 0 Å². The van der Waals surface area contributed by atoms with Crippen molar-refractivity contribution in [1.29, 1.82) is 0 Å². The second-order valence-corrected chi connectivity index (χ2v) is 7.33. The SMILES string of the molecule is CCCCCCCCCCCCN1CCC(C)(NC)CC1. The lowest BCUT2D eigenvalue weighted by molar-refractivity contribution is 0.150. The van der Waals surface area contributed by atoms with Gasteiger partial charge < -0.3 is 10.2 Å². The zero-order valence-corrected chi connectivity index (χ0v) is 15.1. The van der Waals surface area contributed by atoms with Gasteiger partial charge in [-0.25, -0.2) is 0 Å². The van der Waals surface area contributed by atoms with Crippen molar-refractivity contribution in [2.45, 2.75) is 96.4 Å². The van der Waals surface area contributed by atoms with Gasteiger partial charge in [0, 0.05) is 5.54 Å². The van der Waals surface area contributed by atoms with Gasteiger partial charge in [-0.3, -0.25) is 0 Å². The van der Waals surface area contributed by atoms with Crippen LogP contribution in [0.5, 0.6) is 0 Å². The maximum atomic E-state index is 3.48. The van der Waals surface area contributed by atoms with Crippen molar-refractivity contribution in [3.05, 3.63) is 0 Å². The Bertz CT molecular complexity index is 232. The minimum atomic E-state index is 0.397.